The van der Waals surface area contributed by atoms with Crippen LogP contribution in [0.4, 0.5) is 0 Å². The summed E-state index contributed by atoms with van der Waals surface area (Å²) in [5, 5.41) is 3.11. The summed E-state index contributed by atoms with van der Waals surface area (Å²) in [6, 6.07) is 0.121. The predicted octanol–water partition coefficient (Wildman–Crippen LogP) is 1.88. The van der Waals surface area contributed by atoms with Crippen LogP contribution in [0.15, 0.2) is 0 Å². The highest BCUT2D eigenvalue weighted by atomic mass is 16.2. The standard InChI is InChI=1S/C15H31N3O/c1-3-4-9-14(12-16)17-15(19)13(2)18-10-7-5-6-8-11-18/h13-14H,3-12,16H2,1-2H3,(H,17,19). The van der Waals surface area contributed by atoms with Crippen LogP contribution < -0.4 is 11.1 Å². The topological polar surface area (TPSA) is 58.4 Å². The summed E-state index contributed by atoms with van der Waals surface area (Å²) in [6.07, 6.45) is 8.29. The first-order chi connectivity index (χ1) is 9.19. The highest BCUT2D eigenvalue weighted by Gasteiger charge is 2.23. The Labute approximate surface area is 118 Å². The maximum atomic E-state index is 12.3. The van der Waals surface area contributed by atoms with E-state index in [1.54, 1.807) is 0 Å². The van der Waals surface area contributed by atoms with Crippen molar-refractivity contribution in [3.63, 3.8) is 0 Å². The van der Waals surface area contributed by atoms with Gasteiger partial charge in [0.15, 0.2) is 0 Å². The van der Waals surface area contributed by atoms with E-state index in [1.165, 1.54) is 25.7 Å². The number of nitrogens with two attached hydrogens (primary N) is 1. The lowest BCUT2D eigenvalue weighted by atomic mass is 10.1. The molecule has 0 aromatic carbocycles. The second kappa shape index (κ2) is 9.32. The van der Waals surface area contributed by atoms with Gasteiger partial charge >= 0.3 is 0 Å². The molecule has 19 heavy (non-hydrogen) atoms. The van der Waals surface area contributed by atoms with Crippen LogP contribution >= 0.6 is 0 Å². The van der Waals surface area contributed by atoms with Gasteiger partial charge < -0.3 is 11.1 Å². The molecule has 0 bridgehead atoms. The fourth-order valence-corrected chi connectivity index (χ4v) is 2.67. The van der Waals surface area contributed by atoms with Crippen LogP contribution in [-0.4, -0.2) is 42.5 Å². The molecule has 1 amide bonds. The molecule has 1 aliphatic rings. The van der Waals surface area contributed by atoms with Gasteiger partial charge in [0.1, 0.15) is 0 Å². The Morgan fingerprint density at radius 3 is 2.42 bits per heavy atom. The van der Waals surface area contributed by atoms with Crippen LogP contribution in [-0.2, 0) is 4.79 Å². The first-order valence-corrected chi connectivity index (χ1v) is 7.93. The fourth-order valence-electron chi connectivity index (χ4n) is 2.67. The van der Waals surface area contributed by atoms with Crippen molar-refractivity contribution < 1.29 is 4.79 Å². The average molecular weight is 269 g/mol. The summed E-state index contributed by atoms with van der Waals surface area (Å²) in [5.74, 6) is 0.147. The van der Waals surface area contributed by atoms with Crippen molar-refractivity contribution in [2.75, 3.05) is 19.6 Å². The largest absolute Gasteiger partial charge is 0.351 e. The van der Waals surface area contributed by atoms with Gasteiger partial charge in [-0.15, -0.1) is 0 Å². The number of hydrogen-bond acceptors (Lipinski definition) is 3. The number of carbonyl (C=O) groups is 1. The summed E-state index contributed by atoms with van der Waals surface area (Å²) in [5.41, 5.74) is 5.74. The van der Waals surface area contributed by atoms with Crippen molar-refractivity contribution in [2.45, 2.75) is 70.9 Å². The number of amides is 1. The molecule has 0 radical (unpaired) electrons. The molecule has 1 saturated heterocycles. The van der Waals surface area contributed by atoms with Gasteiger partial charge in [0.25, 0.3) is 0 Å². The second-order valence-electron chi connectivity index (χ2n) is 5.71. The van der Waals surface area contributed by atoms with Gasteiger partial charge in [0, 0.05) is 12.6 Å². The Morgan fingerprint density at radius 1 is 1.26 bits per heavy atom. The van der Waals surface area contributed by atoms with Crippen LogP contribution in [0.3, 0.4) is 0 Å². The van der Waals surface area contributed by atoms with Crippen LogP contribution in [0.25, 0.3) is 0 Å². The molecule has 112 valence electrons. The van der Waals surface area contributed by atoms with Crippen LogP contribution in [0, 0.1) is 0 Å². The van der Waals surface area contributed by atoms with Gasteiger partial charge in [-0.2, -0.15) is 0 Å². The molecular formula is C15H31N3O. The predicted molar refractivity (Wildman–Crippen MR) is 80.0 cm³/mol. The van der Waals surface area contributed by atoms with Gasteiger partial charge in [0.2, 0.25) is 5.91 Å². The SMILES string of the molecule is CCCCC(CN)NC(=O)C(C)N1CCCCCC1. The number of nitrogens with zero attached hydrogens (tertiary/aromatic N) is 1. The second-order valence-corrected chi connectivity index (χ2v) is 5.71. The Balaban J connectivity index is 2.41. The summed E-state index contributed by atoms with van der Waals surface area (Å²) in [4.78, 5) is 14.6. The van der Waals surface area contributed by atoms with Crippen molar-refractivity contribution in [2.24, 2.45) is 5.73 Å². The highest BCUT2D eigenvalue weighted by Crippen LogP contribution is 2.12. The van der Waals surface area contributed by atoms with E-state index in [2.05, 4.69) is 17.1 Å². The first kappa shape index (κ1) is 16.4. The number of rotatable bonds is 7. The Bertz CT molecular complexity index is 250. The van der Waals surface area contributed by atoms with Crippen LogP contribution in [0.1, 0.15) is 58.8 Å². The minimum absolute atomic E-state index is 0.0197. The number of nitrogens with one attached hydrogen (secondary N) is 1. The minimum Gasteiger partial charge on any atom is -0.351 e. The zero-order valence-electron chi connectivity index (χ0n) is 12.7. The minimum atomic E-state index is -0.0197. The highest BCUT2D eigenvalue weighted by molar-refractivity contribution is 5.81. The Morgan fingerprint density at radius 2 is 1.89 bits per heavy atom. The van der Waals surface area contributed by atoms with E-state index in [-0.39, 0.29) is 18.0 Å². The molecule has 0 spiro atoms. The third-order valence-corrected chi connectivity index (χ3v) is 4.10. The van der Waals surface area contributed by atoms with Crippen molar-refractivity contribution in [3.05, 3.63) is 0 Å². The summed E-state index contributed by atoms with van der Waals surface area (Å²) < 4.78 is 0. The lowest BCUT2D eigenvalue weighted by molar-refractivity contribution is -0.126. The molecule has 1 rings (SSSR count). The molecule has 1 aliphatic heterocycles. The Kier molecular flexibility index (Phi) is 8.07. The average Bonchev–Trinajstić information content (AvgIpc) is 2.71. The molecular weight excluding hydrogens is 238 g/mol. The zero-order valence-corrected chi connectivity index (χ0v) is 12.7. The summed E-state index contributed by atoms with van der Waals surface area (Å²) in [6.45, 7) is 6.83. The van der Waals surface area contributed by atoms with Gasteiger partial charge in [-0.3, -0.25) is 9.69 Å². The quantitative estimate of drug-likeness (QED) is 0.742. The van der Waals surface area contributed by atoms with Gasteiger partial charge in [-0.05, 0) is 39.3 Å². The number of likely N-dealkylation sites (tertiary alicyclic amines) is 1. The van der Waals surface area contributed by atoms with Gasteiger partial charge in [0.05, 0.1) is 6.04 Å². The van der Waals surface area contributed by atoms with E-state index in [1.807, 2.05) is 6.92 Å². The lowest BCUT2D eigenvalue weighted by Crippen LogP contribution is -2.50. The molecule has 1 heterocycles. The van der Waals surface area contributed by atoms with E-state index in [0.717, 1.165) is 32.4 Å². The molecule has 2 unspecified atom stereocenters. The zero-order chi connectivity index (χ0) is 14.1. The van der Waals surface area contributed by atoms with Crippen molar-refractivity contribution >= 4 is 5.91 Å². The molecule has 1 fully saturated rings. The van der Waals surface area contributed by atoms with Crippen molar-refractivity contribution in [1.82, 2.24) is 10.2 Å². The van der Waals surface area contributed by atoms with E-state index in [4.69, 9.17) is 5.73 Å². The molecule has 0 aliphatic carbocycles. The maximum absolute atomic E-state index is 12.3. The molecule has 3 N–H and O–H groups in total. The smallest absolute Gasteiger partial charge is 0.237 e. The van der Waals surface area contributed by atoms with E-state index in [0.29, 0.717) is 6.54 Å². The van der Waals surface area contributed by atoms with Crippen molar-refractivity contribution in [1.29, 1.82) is 0 Å². The molecule has 0 aromatic rings. The monoisotopic (exact) mass is 269 g/mol. The van der Waals surface area contributed by atoms with Crippen molar-refractivity contribution in [3.8, 4) is 0 Å². The van der Waals surface area contributed by atoms with E-state index in [9.17, 15) is 4.79 Å². The number of hydrogen-bond donors (Lipinski definition) is 2. The van der Waals surface area contributed by atoms with Crippen LogP contribution in [0.2, 0.25) is 0 Å². The third-order valence-electron chi connectivity index (χ3n) is 4.10. The molecule has 4 nitrogen and oxygen atoms in total. The van der Waals surface area contributed by atoms with E-state index >= 15 is 0 Å². The lowest BCUT2D eigenvalue weighted by Gasteiger charge is -2.28. The first-order valence-electron chi connectivity index (χ1n) is 7.93. The molecule has 2 atom stereocenters. The summed E-state index contributed by atoms with van der Waals surface area (Å²) in [7, 11) is 0. The molecule has 0 aromatic heterocycles. The maximum Gasteiger partial charge on any atom is 0.237 e. The third kappa shape index (κ3) is 5.91. The number of unbranched alkanes of at least 4 members (excludes halogenated alkanes) is 1. The molecule has 0 saturated carbocycles. The van der Waals surface area contributed by atoms with Gasteiger partial charge in [-0.25, -0.2) is 0 Å². The summed E-state index contributed by atoms with van der Waals surface area (Å²) >= 11 is 0. The van der Waals surface area contributed by atoms with Crippen LogP contribution in [0.5, 0.6) is 0 Å². The van der Waals surface area contributed by atoms with Gasteiger partial charge in [-0.1, -0.05) is 32.6 Å². The molecule has 4 heteroatoms. The number of carbonyl (C=O) groups excluding carboxylic acids is 1. The Hall–Kier alpha value is -0.610. The fraction of sp³-hybridized carbons (Fsp3) is 0.933. The normalized spacial score (nSPS) is 20.6. The van der Waals surface area contributed by atoms with E-state index < -0.39 is 0 Å².